The standard InChI is InChI=1S/C21H25ClN2O3S2/c1-17-3-9-20(10-4-17)29(26,27)24-12-2-11-23(13-14-24)21(25)16-28-15-18-5-7-19(22)8-6-18/h3-10H,2,11-16H2,1H3. The molecule has 0 N–H and O–H groups in total. The monoisotopic (exact) mass is 452 g/mol. The van der Waals surface area contributed by atoms with Crippen LogP contribution in [0.2, 0.25) is 5.02 Å². The molecule has 0 aromatic heterocycles. The van der Waals surface area contributed by atoms with Gasteiger partial charge >= 0.3 is 0 Å². The molecule has 1 amide bonds. The highest BCUT2D eigenvalue weighted by Gasteiger charge is 2.28. The van der Waals surface area contributed by atoms with Gasteiger partial charge in [-0.25, -0.2) is 8.42 Å². The second-order valence-electron chi connectivity index (χ2n) is 7.07. The Labute approximate surface area is 182 Å². The first-order valence-electron chi connectivity index (χ1n) is 9.53. The molecule has 1 fully saturated rings. The Bertz CT molecular complexity index is 931. The van der Waals surface area contributed by atoms with E-state index in [1.807, 2.05) is 31.2 Å². The lowest BCUT2D eigenvalue weighted by Gasteiger charge is -2.22. The summed E-state index contributed by atoms with van der Waals surface area (Å²) in [7, 11) is -3.53. The van der Waals surface area contributed by atoms with Crippen LogP contribution < -0.4 is 0 Å². The van der Waals surface area contributed by atoms with Crippen LogP contribution in [0.3, 0.4) is 0 Å². The summed E-state index contributed by atoms with van der Waals surface area (Å²) in [6.45, 7) is 3.68. The van der Waals surface area contributed by atoms with Gasteiger partial charge in [0, 0.05) is 37.0 Å². The Morgan fingerprint density at radius 1 is 1.00 bits per heavy atom. The smallest absolute Gasteiger partial charge is 0.243 e. The molecule has 5 nitrogen and oxygen atoms in total. The van der Waals surface area contributed by atoms with E-state index < -0.39 is 10.0 Å². The molecule has 0 atom stereocenters. The zero-order chi connectivity index (χ0) is 20.9. The van der Waals surface area contributed by atoms with E-state index in [0.29, 0.717) is 48.3 Å². The fourth-order valence-corrected chi connectivity index (χ4v) is 5.65. The molecule has 1 aliphatic heterocycles. The first kappa shape index (κ1) is 22.2. The number of amides is 1. The molecule has 1 heterocycles. The second kappa shape index (κ2) is 9.98. The largest absolute Gasteiger partial charge is 0.341 e. The van der Waals surface area contributed by atoms with Crippen molar-refractivity contribution >= 4 is 39.3 Å². The number of thioether (sulfide) groups is 1. The predicted octanol–water partition coefficient (Wildman–Crippen LogP) is 3.80. The Kier molecular flexibility index (Phi) is 7.62. The van der Waals surface area contributed by atoms with Crippen molar-refractivity contribution in [3.63, 3.8) is 0 Å². The summed E-state index contributed by atoms with van der Waals surface area (Å²) < 4.78 is 27.3. The summed E-state index contributed by atoms with van der Waals surface area (Å²) >= 11 is 7.45. The van der Waals surface area contributed by atoms with Crippen LogP contribution in [0.4, 0.5) is 0 Å². The van der Waals surface area contributed by atoms with Crippen LogP contribution in [0.5, 0.6) is 0 Å². The molecule has 0 unspecified atom stereocenters. The Morgan fingerprint density at radius 3 is 2.38 bits per heavy atom. The minimum Gasteiger partial charge on any atom is -0.341 e. The molecule has 1 aliphatic rings. The number of benzene rings is 2. The predicted molar refractivity (Wildman–Crippen MR) is 119 cm³/mol. The van der Waals surface area contributed by atoms with E-state index in [1.54, 1.807) is 40.9 Å². The van der Waals surface area contributed by atoms with Crippen molar-refractivity contribution in [3.05, 3.63) is 64.7 Å². The van der Waals surface area contributed by atoms with Gasteiger partial charge in [-0.15, -0.1) is 11.8 Å². The summed E-state index contributed by atoms with van der Waals surface area (Å²) in [6, 6.07) is 14.5. The fraction of sp³-hybridized carbons (Fsp3) is 0.381. The van der Waals surface area contributed by atoms with Crippen molar-refractivity contribution in [2.75, 3.05) is 31.9 Å². The molecule has 29 heavy (non-hydrogen) atoms. The third kappa shape index (κ3) is 5.98. The minimum atomic E-state index is -3.53. The number of carbonyl (C=O) groups is 1. The average Bonchev–Trinajstić information content (AvgIpc) is 2.97. The van der Waals surface area contributed by atoms with Crippen molar-refractivity contribution < 1.29 is 13.2 Å². The molecule has 8 heteroatoms. The van der Waals surface area contributed by atoms with Gasteiger partial charge in [0.1, 0.15) is 0 Å². The average molecular weight is 453 g/mol. The highest BCUT2D eigenvalue weighted by molar-refractivity contribution is 7.99. The van der Waals surface area contributed by atoms with E-state index in [-0.39, 0.29) is 5.91 Å². The van der Waals surface area contributed by atoms with E-state index in [4.69, 9.17) is 11.6 Å². The van der Waals surface area contributed by atoms with Crippen molar-refractivity contribution in [1.29, 1.82) is 0 Å². The summed E-state index contributed by atoms with van der Waals surface area (Å²) in [5, 5.41) is 0.699. The molecule has 0 aliphatic carbocycles. The fourth-order valence-electron chi connectivity index (χ4n) is 3.17. The van der Waals surface area contributed by atoms with E-state index in [9.17, 15) is 13.2 Å². The Morgan fingerprint density at radius 2 is 1.69 bits per heavy atom. The van der Waals surface area contributed by atoms with E-state index in [0.717, 1.165) is 16.9 Å². The van der Waals surface area contributed by atoms with E-state index in [2.05, 4.69) is 0 Å². The summed E-state index contributed by atoms with van der Waals surface area (Å²) in [5.41, 5.74) is 2.14. The number of sulfonamides is 1. The van der Waals surface area contributed by atoms with Gasteiger partial charge in [-0.05, 0) is 43.2 Å². The van der Waals surface area contributed by atoms with Gasteiger partial charge in [-0.2, -0.15) is 4.31 Å². The highest BCUT2D eigenvalue weighted by Crippen LogP contribution is 2.20. The molecule has 2 aromatic carbocycles. The van der Waals surface area contributed by atoms with Gasteiger partial charge in [-0.1, -0.05) is 41.4 Å². The van der Waals surface area contributed by atoms with Gasteiger partial charge in [0.25, 0.3) is 0 Å². The molecule has 156 valence electrons. The maximum Gasteiger partial charge on any atom is 0.243 e. The van der Waals surface area contributed by atoms with Gasteiger partial charge in [0.15, 0.2) is 0 Å². The van der Waals surface area contributed by atoms with Crippen molar-refractivity contribution in [2.45, 2.75) is 24.0 Å². The number of carbonyl (C=O) groups excluding carboxylic acids is 1. The Hall–Kier alpha value is -1.54. The zero-order valence-electron chi connectivity index (χ0n) is 16.4. The van der Waals surface area contributed by atoms with Crippen molar-refractivity contribution in [1.82, 2.24) is 9.21 Å². The number of rotatable bonds is 6. The highest BCUT2D eigenvalue weighted by atomic mass is 35.5. The second-order valence-corrected chi connectivity index (χ2v) is 10.4. The minimum absolute atomic E-state index is 0.0542. The Balaban J connectivity index is 1.52. The summed E-state index contributed by atoms with van der Waals surface area (Å²) in [5.74, 6) is 1.18. The number of nitrogens with zero attached hydrogens (tertiary/aromatic N) is 2. The van der Waals surface area contributed by atoms with Crippen LogP contribution in [0.25, 0.3) is 0 Å². The molecule has 3 rings (SSSR count). The third-order valence-electron chi connectivity index (χ3n) is 4.87. The quantitative estimate of drug-likeness (QED) is 0.668. The SMILES string of the molecule is Cc1ccc(S(=O)(=O)N2CCCN(C(=O)CSCc3ccc(Cl)cc3)CC2)cc1. The topological polar surface area (TPSA) is 57.7 Å². The van der Waals surface area contributed by atoms with Gasteiger partial charge in [0.2, 0.25) is 15.9 Å². The van der Waals surface area contributed by atoms with Crippen LogP contribution in [0.15, 0.2) is 53.4 Å². The van der Waals surface area contributed by atoms with Crippen LogP contribution >= 0.6 is 23.4 Å². The summed E-state index contributed by atoms with van der Waals surface area (Å²) in [6.07, 6.45) is 0.638. The van der Waals surface area contributed by atoms with Crippen LogP contribution in [0.1, 0.15) is 17.5 Å². The number of aryl methyl sites for hydroxylation is 1. The van der Waals surface area contributed by atoms with Gasteiger partial charge < -0.3 is 4.90 Å². The molecular weight excluding hydrogens is 428 g/mol. The normalized spacial score (nSPS) is 15.9. The number of halogens is 1. The van der Waals surface area contributed by atoms with E-state index in [1.165, 1.54) is 4.31 Å². The number of hydrogen-bond donors (Lipinski definition) is 0. The lowest BCUT2D eigenvalue weighted by Crippen LogP contribution is -2.38. The number of hydrogen-bond acceptors (Lipinski definition) is 4. The molecule has 0 bridgehead atoms. The molecule has 2 aromatic rings. The van der Waals surface area contributed by atoms with Crippen molar-refractivity contribution in [2.24, 2.45) is 0 Å². The lowest BCUT2D eigenvalue weighted by atomic mass is 10.2. The van der Waals surface area contributed by atoms with Crippen LogP contribution in [0, 0.1) is 6.92 Å². The first-order chi connectivity index (χ1) is 13.9. The molecule has 1 saturated heterocycles. The molecule has 0 spiro atoms. The van der Waals surface area contributed by atoms with Gasteiger partial charge in [-0.3, -0.25) is 4.79 Å². The maximum atomic E-state index is 12.9. The van der Waals surface area contributed by atoms with Crippen molar-refractivity contribution in [3.8, 4) is 0 Å². The zero-order valence-corrected chi connectivity index (χ0v) is 18.8. The third-order valence-corrected chi connectivity index (χ3v) is 8.03. The maximum absolute atomic E-state index is 12.9. The van der Waals surface area contributed by atoms with E-state index >= 15 is 0 Å². The molecule has 0 radical (unpaired) electrons. The first-order valence-corrected chi connectivity index (χ1v) is 12.5. The van der Waals surface area contributed by atoms with Crippen LogP contribution in [-0.2, 0) is 20.6 Å². The molecule has 0 saturated carbocycles. The summed E-state index contributed by atoms with van der Waals surface area (Å²) in [4.78, 5) is 14.7. The lowest BCUT2D eigenvalue weighted by molar-refractivity contribution is -0.128. The van der Waals surface area contributed by atoms with Crippen LogP contribution in [-0.4, -0.2) is 55.5 Å². The van der Waals surface area contributed by atoms with Gasteiger partial charge in [0.05, 0.1) is 10.6 Å². The molecular formula is C21H25ClN2O3S2.